The Balaban J connectivity index is 2.96. The smallest absolute Gasteiger partial charge is 0.133 e. The van der Waals surface area contributed by atoms with Crippen molar-refractivity contribution < 1.29 is 0 Å². The number of hydrogen-bond acceptors (Lipinski definition) is 3. The fraction of sp³-hybridized carbons (Fsp3) is 0.688. The van der Waals surface area contributed by atoms with E-state index >= 15 is 0 Å². The van der Waals surface area contributed by atoms with Gasteiger partial charge in [0.15, 0.2) is 0 Å². The summed E-state index contributed by atoms with van der Waals surface area (Å²) in [5.74, 6) is 1.08. The predicted octanol–water partition coefficient (Wildman–Crippen LogP) is 3.59. The van der Waals surface area contributed by atoms with Gasteiger partial charge in [-0.1, -0.05) is 13.0 Å². The van der Waals surface area contributed by atoms with Gasteiger partial charge in [-0.05, 0) is 47.1 Å². The summed E-state index contributed by atoms with van der Waals surface area (Å²) >= 11 is 0. The number of anilines is 1. The van der Waals surface area contributed by atoms with E-state index < -0.39 is 0 Å². The molecule has 0 radical (unpaired) electrons. The molecule has 0 unspecified atom stereocenters. The molecule has 0 saturated carbocycles. The topological polar surface area (TPSA) is 28.2 Å². The zero-order valence-electron chi connectivity index (χ0n) is 13.5. The maximum absolute atomic E-state index is 4.58. The minimum absolute atomic E-state index is 0.116. The van der Waals surface area contributed by atoms with E-state index in [9.17, 15) is 0 Å². The lowest BCUT2D eigenvalue weighted by atomic mass is 9.99. The molecule has 0 aliphatic heterocycles. The first-order valence-electron chi connectivity index (χ1n) is 7.10. The van der Waals surface area contributed by atoms with E-state index in [4.69, 9.17) is 0 Å². The summed E-state index contributed by atoms with van der Waals surface area (Å²) < 4.78 is 0. The van der Waals surface area contributed by atoms with E-state index in [1.165, 1.54) is 5.56 Å². The van der Waals surface area contributed by atoms with Crippen LogP contribution in [0.3, 0.4) is 0 Å². The van der Waals surface area contributed by atoms with Crippen LogP contribution >= 0.6 is 0 Å². The maximum atomic E-state index is 4.58. The van der Waals surface area contributed by atoms with Crippen molar-refractivity contribution in [2.45, 2.75) is 65.6 Å². The lowest BCUT2D eigenvalue weighted by Gasteiger charge is -2.37. The van der Waals surface area contributed by atoms with E-state index in [-0.39, 0.29) is 11.1 Å². The molecular weight excluding hydrogens is 234 g/mol. The van der Waals surface area contributed by atoms with Gasteiger partial charge < -0.3 is 10.2 Å². The van der Waals surface area contributed by atoms with Gasteiger partial charge in [-0.2, -0.15) is 0 Å². The highest BCUT2D eigenvalue weighted by Crippen LogP contribution is 2.26. The molecule has 0 amide bonds. The molecule has 0 saturated heterocycles. The summed E-state index contributed by atoms with van der Waals surface area (Å²) in [5, 5.41) is 3.54. The highest BCUT2D eigenvalue weighted by molar-refractivity contribution is 5.48. The maximum Gasteiger partial charge on any atom is 0.133 e. The Labute approximate surface area is 118 Å². The van der Waals surface area contributed by atoms with E-state index in [2.05, 4.69) is 69.9 Å². The molecule has 0 aliphatic rings. The third-order valence-corrected chi connectivity index (χ3v) is 3.77. The summed E-state index contributed by atoms with van der Waals surface area (Å²) in [6.07, 6.45) is 2.96. The molecule has 3 nitrogen and oxygen atoms in total. The van der Waals surface area contributed by atoms with Crippen LogP contribution in [0.15, 0.2) is 18.3 Å². The molecule has 0 spiro atoms. The molecule has 0 atom stereocenters. The molecule has 3 heteroatoms. The summed E-state index contributed by atoms with van der Waals surface area (Å²) in [6.45, 7) is 14.1. The van der Waals surface area contributed by atoms with Crippen LogP contribution in [0.25, 0.3) is 0 Å². The SMILES string of the molecule is CCC(C)(C)N(C)c1ncccc1CNC(C)(C)C. The molecule has 1 heterocycles. The van der Waals surface area contributed by atoms with Crippen LogP contribution in [-0.2, 0) is 6.54 Å². The van der Waals surface area contributed by atoms with Gasteiger partial charge in [0.2, 0.25) is 0 Å². The normalized spacial score (nSPS) is 12.6. The third-order valence-electron chi connectivity index (χ3n) is 3.77. The minimum Gasteiger partial charge on any atom is -0.354 e. The molecule has 0 aromatic carbocycles. The van der Waals surface area contributed by atoms with E-state index in [0.717, 1.165) is 18.8 Å². The Kier molecular flexibility index (Phi) is 4.97. The van der Waals surface area contributed by atoms with Crippen LogP contribution in [0.5, 0.6) is 0 Å². The Morgan fingerprint density at radius 1 is 1.21 bits per heavy atom. The molecule has 108 valence electrons. The molecule has 1 aromatic rings. The first-order chi connectivity index (χ1) is 8.67. The second-order valence-corrected chi connectivity index (χ2v) is 6.81. The molecule has 0 aliphatic carbocycles. The molecule has 19 heavy (non-hydrogen) atoms. The minimum atomic E-state index is 0.116. The average molecular weight is 263 g/mol. The second kappa shape index (κ2) is 5.91. The van der Waals surface area contributed by atoms with Gasteiger partial charge in [0.25, 0.3) is 0 Å². The Morgan fingerprint density at radius 2 is 1.84 bits per heavy atom. The monoisotopic (exact) mass is 263 g/mol. The van der Waals surface area contributed by atoms with Gasteiger partial charge in [0.1, 0.15) is 5.82 Å². The average Bonchev–Trinajstić information content (AvgIpc) is 2.35. The lowest BCUT2D eigenvalue weighted by Crippen LogP contribution is -2.42. The molecule has 0 fully saturated rings. The Hall–Kier alpha value is -1.09. The quantitative estimate of drug-likeness (QED) is 0.880. The fourth-order valence-corrected chi connectivity index (χ4v) is 1.75. The Morgan fingerprint density at radius 3 is 2.37 bits per heavy atom. The number of aromatic nitrogens is 1. The van der Waals surface area contributed by atoms with Crippen LogP contribution in [0, 0.1) is 0 Å². The zero-order chi connectivity index (χ0) is 14.7. The van der Waals surface area contributed by atoms with Crippen molar-refractivity contribution >= 4 is 5.82 Å². The van der Waals surface area contributed by atoms with Crippen molar-refractivity contribution in [2.24, 2.45) is 0 Å². The summed E-state index contributed by atoms with van der Waals surface area (Å²) in [6, 6.07) is 4.17. The summed E-state index contributed by atoms with van der Waals surface area (Å²) in [4.78, 5) is 6.86. The molecular formula is C16H29N3. The fourth-order valence-electron chi connectivity index (χ4n) is 1.75. The van der Waals surface area contributed by atoms with Gasteiger partial charge in [-0.15, -0.1) is 0 Å². The predicted molar refractivity (Wildman–Crippen MR) is 83.6 cm³/mol. The van der Waals surface area contributed by atoms with Crippen LogP contribution in [0.1, 0.15) is 53.5 Å². The first-order valence-corrected chi connectivity index (χ1v) is 7.10. The van der Waals surface area contributed by atoms with Crippen LogP contribution in [-0.4, -0.2) is 23.1 Å². The number of nitrogens with one attached hydrogen (secondary N) is 1. The number of nitrogens with zero attached hydrogens (tertiary/aromatic N) is 2. The van der Waals surface area contributed by atoms with E-state index in [1.807, 2.05) is 12.3 Å². The molecule has 1 rings (SSSR count). The number of rotatable bonds is 5. The van der Waals surface area contributed by atoms with Gasteiger partial charge in [-0.3, -0.25) is 0 Å². The number of hydrogen-bond donors (Lipinski definition) is 1. The molecule has 0 bridgehead atoms. The standard InChI is InChI=1S/C16H29N3/c1-8-16(5,6)19(7)14-13(10-9-11-17-14)12-18-15(2,3)4/h9-11,18H,8,12H2,1-7H3. The largest absolute Gasteiger partial charge is 0.354 e. The zero-order valence-corrected chi connectivity index (χ0v) is 13.5. The third kappa shape index (κ3) is 4.50. The lowest BCUT2D eigenvalue weighted by molar-refractivity contribution is 0.421. The first kappa shape index (κ1) is 16.0. The number of pyridine rings is 1. The summed E-state index contributed by atoms with van der Waals surface area (Å²) in [5.41, 5.74) is 1.48. The van der Waals surface area contributed by atoms with Crippen molar-refractivity contribution in [1.29, 1.82) is 0 Å². The summed E-state index contributed by atoms with van der Waals surface area (Å²) in [7, 11) is 2.13. The van der Waals surface area contributed by atoms with Crippen LogP contribution < -0.4 is 10.2 Å². The van der Waals surface area contributed by atoms with Gasteiger partial charge in [0, 0.05) is 36.4 Å². The van der Waals surface area contributed by atoms with Crippen molar-refractivity contribution in [1.82, 2.24) is 10.3 Å². The van der Waals surface area contributed by atoms with Crippen molar-refractivity contribution in [3.05, 3.63) is 23.9 Å². The van der Waals surface area contributed by atoms with Crippen LogP contribution in [0.4, 0.5) is 5.82 Å². The van der Waals surface area contributed by atoms with Crippen molar-refractivity contribution in [3.63, 3.8) is 0 Å². The van der Waals surface area contributed by atoms with Gasteiger partial charge >= 0.3 is 0 Å². The van der Waals surface area contributed by atoms with Crippen LogP contribution in [0.2, 0.25) is 0 Å². The van der Waals surface area contributed by atoms with Crippen molar-refractivity contribution in [3.8, 4) is 0 Å². The Bertz CT molecular complexity index is 405. The molecule has 1 aromatic heterocycles. The van der Waals surface area contributed by atoms with Crippen molar-refractivity contribution in [2.75, 3.05) is 11.9 Å². The van der Waals surface area contributed by atoms with Gasteiger partial charge in [-0.25, -0.2) is 4.98 Å². The van der Waals surface area contributed by atoms with Gasteiger partial charge in [0.05, 0.1) is 0 Å². The van der Waals surface area contributed by atoms with E-state index in [0.29, 0.717) is 0 Å². The van der Waals surface area contributed by atoms with E-state index in [1.54, 1.807) is 0 Å². The molecule has 1 N–H and O–H groups in total. The second-order valence-electron chi connectivity index (χ2n) is 6.81. The highest BCUT2D eigenvalue weighted by atomic mass is 15.2. The highest BCUT2D eigenvalue weighted by Gasteiger charge is 2.24.